The van der Waals surface area contributed by atoms with Gasteiger partial charge < -0.3 is 19.4 Å². The fourth-order valence-corrected chi connectivity index (χ4v) is 5.72. The number of rotatable bonds is 3. The minimum absolute atomic E-state index is 0. The number of nitrogens with zero attached hydrogens (tertiary/aromatic N) is 2. The largest absolute Gasteiger partial charge is 0.503 e. The predicted molar refractivity (Wildman–Crippen MR) is 187 cm³/mol. The van der Waals surface area contributed by atoms with Gasteiger partial charge in [-0.25, -0.2) is 0 Å². The first kappa shape index (κ1) is 23.8. The monoisotopic (exact) mass is 799 g/mol. The smallest absolute Gasteiger partial charge is 0.239 e. The average Bonchev–Trinajstić information content (AvgIpc) is 3.14. The van der Waals surface area contributed by atoms with Crippen molar-refractivity contribution in [3.8, 4) is 45.5 Å². The van der Waals surface area contributed by atoms with Gasteiger partial charge in [0.1, 0.15) is 11.5 Å². The molecule has 2 aliphatic heterocycles. The molecule has 8 rings (SSSR count). The van der Waals surface area contributed by atoms with Crippen molar-refractivity contribution in [1.82, 2.24) is 9.97 Å². The van der Waals surface area contributed by atoms with Crippen molar-refractivity contribution in [2.24, 2.45) is 5.41 Å². The van der Waals surface area contributed by atoms with Crippen molar-refractivity contribution >= 4 is 23.1 Å². The zero-order chi connectivity index (χ0) is 38.6. The minimum atomic E-state index is -2.52. The van der Waals surface area contributed by atoms with Crippen LogP contribution in [0.1, 0.15) is 48.4 Å². The van der Waals surface area contributed by atoms with Gasteiger partial charge in [0.05, 0.1) is 0 Å². The Morgan fingerprint density at radius 3 is 2.17 bits per heavy atom. The molecular weight excluding hydrogens is 755 g/mol. The van der Waals surface area contributed by atoms with E-state index in [0.29, 0.717) is 28.5 Å². The summed E-state index contributed by atoms with van der Waals surface area (Å²) >= 11 is 0. The minimum Gasteiger partial charge on any atom is -0.503 e. The number of benzene rings is 4. The summed E-state index contributed by atoms with van der Waals surface area (Å²) in [4.78, 5) is 8.62. The molecule has 6 heteroatoms. The van der Waals surface area contributed by atoms with E-state index in [2.05, 4.69) is 22.1 Å². The standard InChI is InChI=1S/C29H25BNO2.C12H10N.Ir/c1-18-17-31-23(15-19(18)16-29(2,3)4)20-13-14-26-27-28(20)33-25-12-8-6-10-22(25)30(27)21-9-5-7-11-24(21)32-26;1-10-7-8-12(13-9-10)11-5-3-2-4-6-11;/h5-12,14-15,17H,16H2,1-4H3;2-5,7-9H,1H3;/q2*-1;/i1D3,16D2;1D3;. The van der Waals surface area contributed by atoms with E-state index in [0.717, 1.165) is 33.4 Å². The molecule has 235 valence electrons. The molecule has 2 aromatic heterocycles. The van der Waals surface area contributed by atoms with Crippen molar-refractivity contribution in [2.45, 2.75) is 40.8 Å². The molecule has 0 bridgehead atoms. The van der Waals surface area contributed by atoms with Crippen LogP contribution in [-0.4, -0.2) is 16.7 Å². The number of pyridine rings is 2. The number of hydrogen-bond acceptors (Lipinski definition) is 4. The molecule has 0 N–H and O–H groups in total. The molecule has 0 unspecified atom stereocenters. The van der Waals surface area contributed by atoms with Crippen LogP contribution in [-0.2, 0) is 26.5 Å². The molecule has 0 saturated heterocycles. The molecule has 0 amide bonds. The van der Waals surface area contributed by atoms with Gasteiger partial charge in [0.15, 0.2) is 0 Å². The van der Waals surface area contributed by atoms with Gasteiger partial charge in [0, 0.05) is 55.0 Å². The second kappa shape index (κ2) is 13.3. The van der Waals surface area contributed by atoms with Crippen LogP contribution >= 0.6 is 0 Å². The fourth-order valence-electron chi connectivity index (χ4n) is 5.72. The first-order valence-corrected chi connectivity index (χ1v) is 15.0. The van der Waals surface area contributed by atoms with Crippen LogP contribution < -0.4 is 25.9 Å². The molecule has 47 heavy (non-hydrogen) atoms. The fraction of sp³-hybridized carbons (Fsp3) is 0.171. The predicted octanol–water partition coefficient (Wildman–Crippen LogP) is 8.03. The normalized spacial score (nSPS) is 15.5. The maximum atomic E-state index is 8.90. The summed E-state index contributed by atoms with van der Waals surface area (Å²) in [5.41, 5.74) is 4.76. The number of hydrogen-bond donors (Lipinski definition) is 0. The van der Waals surface area contributed by atoms with Crippen LogP contribution in [0.25, 0.3) is 22.5 Å². The Morgan fingerprint density at radius 2 is 1.51 bits per heavy atom. The topological polar surface area (TPSA) is 44.2 Å². The maximum Gasteiger partial charge on any atom is 0.239 e. The molecule has 4 nitrogen and oxygen atoms in total. The molecule has 0 fully saturated rings. The number of aromatic nitrogens is 2. The summed E-state index contributed by atoms with van der Waals surface area (Å²) in [5.74, 6) is 2.64. The third-order valence-corrected chi connectivity index (χ3v) is 7.68. The van der Waals surface area contributed by atoms with Crippen LogP contribution in [0, 0.1) is 31.3 Å². The van der Waals surface area contributed by atoms with Gasteiger partial charge >= 0.3 is 0 Å². The molecule has 6 aromatic rings. The summed E-state index contributed by atoms with van der Waals surface area (Å²) in [6.45, 7) is 0.516. The molecule has 0 aliphatic carbocycles. The first-order chi connectivity index (χ1) is 25.4. The molecule has 4 heterocycles. The van der Waals surface area contributed by atoms with Crippen molar-refractivity contribution in [3.05, 3.63) is 138 Å². The van der Waals surface area contributed by atoms with E-state index in [1.165, 1.54) is 18.5 Å². The van der Waals surface area contributed by atoms with Gasteiger partial charge in [0.25, 0.3) is 0 Å². The molecule has 0 atom stereocenters. The van der Waals surface area contributed by atoms with Gasteiger partial charge in [-0.15, -0.1) is 48.0 Å². The average molecular weight is 799 g/mol. The Kier molecular flexibility index (Phi) is 6.73. The molecule has 4 aromatic carbocycles. The molecule has 2 aliphatic rings. The van der Waals surface area contributed by atoms with Gasteiger partial charge in [0.2, 0.25) is 6.71 Å². The van der Waals surface area contributed by atoms with Gasteiger partial charge in [-0.2, -0.15) is 0 Å². The van der Waals surface area contributed by atoms with E-state index >= 15 is 0 Å². The van der Waals surface area contributed by atoms with Crippen LogP contribution in [0.2, 0.25) is 0 Å². The zero-order valence-corrected chi connectivity index (χ0v) is 28.4. The van der Waals surface area contributed by atoms with E-state index in [-0.39, 0.29) is 43.5 Å². The summed E-state index contributed by atoms with van der Waals surface area (Å²) < 4.78 is 76.3. The number of ether oxygens (including phenoxy) is 2. The molecule has 1 radical (unpaired) electrons. The zero-order valence-electron chi connectivity index (χ0n) is 34.0. The van der Waals surface area contributed by atoms with Crippen LogP contribution in [0.5, 0.6) is 23.0 Å². The summed E-state index contributed by atoms with van der Waals surface area (Å²) in [6.07, 6.45) is 0.711. The van der Waals surface area contributed by atoms with Crippen molar-refractivity contribution in [1.29, 1.82) is 0 Å². The maximum absolute atomic E-state index is 8.90. The Labute approximate surface area is 302 Å². The quantitative estimate of drug-likeness (QED) is 0.134. The van der Waals surface area contributed by atoms with Crippen LogP contribution in [0.3, 0.4) is 0 Å². The molecule has 0 spiro atoms. The van der Waals surface area contributed by atoms with Crippen LogP contribution in [0.4, 0.5) is 0 Å². The van der Waals surface area contributed by atoms with Crippen molar-refractivity contribution < 1.29 is 40.5 Å². The van der Waals surface area contributed by atoms with Gasteiger partial charge in [-0.1, -0.05) is 92.0 Å². The third kappa shape index (κ3) is 6.67. The Balaban J connectivity index is 0.000000254. The van der Waals surface area contributed by atoms with Crippen molar-refractivity contribution in [2.75, 3.05) is 0 Å². The first-order valence-electron chi connectivity index (χ1n) is 19.0. The van der Waals surface area contributed by atoms with Crippen molar-refractivity contribution in [3.63, 3.8) is 0 Å². The third-order valence-electron chi connectivity index (χ3n) is 7.68. The van der Waals surface area contributed by atoms with E-state index < -0.39 is 25.5 Å². The number of para-hydroxylation sites is 2. The summed E-state index contributed by atoms with van der Waals surface area (Å²) in [6, 6.07) is 36.1. The Bertz CT molecular complexity index is 2330. The summed E-state index contributed by atoms with van der Waals surface area (Å²) in [7, 11) is 0. The molecular formula is C41H35BIrN2O2-2. The van der Waals surface area contributed by atoms with Crippen LogP contribution in [0.15, 0.2) is 109 Å². The number of aryl methyl sites for hydroxylation is 2. The Hall–Kier alpha value is -4.51. The SMILES string of the molecule is [2H]C([2H])([2H])c1ccc(-c2[c-]cccc2)nc1.[2H]C([2H])([2H])c1cnc(-c2[c-]cc3c4c2Oc2ccccc2B4c2ccccc2O3)cc1C([2H])([2H])C(C)(C)C.[Ir]. The summed E-state index contributed by atoms with van der Waals surface area (Å²) in [5, 5.41) is 0. The van der Waals surface area contributed by atoms with Gasteiger partial charge in [-0.05, 0) is 71.1 Å². The molecule has 0 saturated carbocycles. The van der Waals surface area contributed by atoms with E-state index in [9.17, 15) is 0 Å². The second-order valence-corrected chi connectivity index (χ2v) is 12.2. The van der Waals surface area contributed by atoms with Gasteiger partial charge in [-0.3, -0.25) is 0 Å². The van der Waals surface area contributed by atoms with E-state index in [4.69, 9.17) is 20.4 Å². The second-order valence-electron chi connectivity index (χ2n) is 12.2. The van der Waals surface area contributed by atoms with E-state index in [1.54, 1.807) is 45.0 Å². The number of fused-ring (bicyclic) bond motifs is 4. The Morgan fingerprint density at radius 1 is 0.787 bits per heavy atom. The van der Waals surface area contributed by atoms with E-state index in [1.807, 2.05) is 66.7 Å².